The standard InChI is InChI=1S/C59H45N4O.Pt/c1-40-35-57(60-38-52(40)42-19-9-6-10-20-42)63-53-26-12-11-23-50(53)51-34-33-47(37-56(51)63)64-46-22-15-21-45(36-46)61-39-62(55-28-14-13-27-54(55)61)58-48(41-17-7-5-8-18-41)24-16-25-49(58)43-29-31-44(32-30-43)59(2,3)4;/h5-35,38-39H,1-4H3;/q-3;/i1D3,15D,21D,22D;. The first-order chi connectivity index (χ1) is 33.7. The van der Waals surface area contributed by atoms with Crippen LogP contribution in [-0.4, -0.2) is 9.55 Å². The van der Waals surface area contributed by atoms with Crippen molar-refractivity contribution in [1.29, 1.82) is 0 Å². The molecule has 1 aliphatic rings. The molecule has 0 unspecified atom stereocenters. The molecule has 320 valence electrons. The van der Waals surface area contributed by atoms with Crippen LogP contribution in [-0.2, 0) is 26.5 Å². The zero-order chi connectivity index (χ0) is 48.5. The van der Waals surface area contributed by atoms with Crippen LogP contribution in [0.15, 0.2) is 194 Å². The fourth-order valence-electron chi connectivity index (χ4n) is 8.69. The van der Waals surface area contributed by atoms with Crippen molar-refractivity contribution in [3.05, 3.63) is 224 Å². The van der Waals surface area contributed by atoms with Crippen molar-refractivity contribution in [2.45, 2.75) is 33.0 Å². The fourth-order valence-corrected chi connectivity index (χ4v) is 8.69. The molecule has 0 saturated carbocycles. The number of anilines is 4. The number of hydrogen-bond acceptors (Lipinski definition) is 4. The van der Waals surface area contributed by atoms with Crippen LogP contribution in [0.5, 0.6) is 11.5 Å². The predicted molar refractivity (Wildman–Crippen MR) is 264 cm³/mol. The smallest absolute Gasteiger partial charge is 0.135 e. The molecule has 0 N–H and O–H groups in total. The summed E-state index contributed by atoms with van der Waals surface area (Å²) in [5.41, 5.74) is 10.9. The quantitative estimate of drug-likeness (QED) is 0.142. The molecule has 0 aliphatic carbocycles. The summed E-state index contributed by atoms with van der Waals surface area (Å²) in [4.78, 5) is 8.81. The van der Waals surface area contributed by atoms with Gasteiger partial charge in [-0.2, -0.15) is 12.1 Å². The number of hydrogen-bond donors (Lipinski definition) is 0. The summed E-state index contributed by atoms with van der Waals surface area (Å²) in [6.07, 6.45) is 1.61. The Labute approximate surface area is 403 Å². The first-order valence-electron chi connectivity index (χ1n) is 24.3. The van der Waals surface area contributed by atoms with E-state index in [1.807, 2.05) is 119 Å². The van der Waals surface area contributed by atoms with Crippen molar-refractivity contribution in [1.82, 2.24) is 9.55 Å². The Bertz CT molecular complexity index is 3630. The van der Waals surface area contributed by atoms with E-state index in [-0.39, 0.29) is 67.4 Å². The minimum Gasteiger partial charge on any atom is -0.509 e. The Kier molecular flexibility index (Phi) is 9.24. The Balaban J connectivity index is 0.00000582. The summed E-state index contributed by atoms with van der Waals surface area (Å²) in [7, 11) is 0. The summed E-state index contributed by atoms with van der Waals surface area (Å²) in [5, 5.41) is 1.73. The zero-order valence-electron chi connectivity index (χ0n) is 41.8. The van der Waals surface area contributed by atoms with Crippen LogP contribution < -0.4 is 14.5 Å². The Hall–Kier alpha value is -7.20. The Morgan fingerprint density at radius 3 is 1.97 bits per heavy atom. The Morgan fingerprint density at radius 2 is 1.26 bits per heavy atom. The normalized spacial score (nSPS) is 13.9. The minimum absolute atomic E-state index is 0. The van der Waals surface area contributed by atoms with Gasteiger partial charge in [0.2, 0.25) is 0 Å². The molecule has 0 bridgehead atoms. The number of fused-ring (bicyclic) bond motifs is 4. The molecular weight excluding hydrogens is 976 g/mol. The van der Waals surface area contributed by atoms with E-state index in [0.29, 0.717) is 16.9 Å². The zero-order valence-corrected chi connectivity index (χ0v) is 38.1. The molecule has 11 rings (SSSR count). The van der Waals surface area contributed by atoms with Crippen molar-refractivity contribution in [3.63, 3.8) is 0 Å². The SMILES string of the molecule is [2H]c1c(Oc2[c-]c3c(cc2)c2ccccc2n3-c2cc(C([2H])([2H])[2H])c(-c3ccccc3)cn2)[c-]c(N2[CH-]N(c3c(-c4ccccc4)cccc3-c3ccc(C(C)(C)C)cc3)c3ccccc32)c([2H])c1[2H].[Pt]. The minimum atomic E-state index is -2.44. The summed E-state index contributed by atoms with van der Waals surface area (Å²) in [5.74, 6) is 0.560. The van der Waals surface area contributed by atoms with E-state index in [1.165, 1.54) is 5.56 Å². The third-order valence-corrected chi connectivity index (χ3v) is 11.9. The monoisotopic (exact) mass is 1030 g/mol. The van der Waals surface area contributed by atoms with E-state index in [0.717, 1.165) is 61.2 Å². The van der Waals surface area contributed by atoms with Crippen molar-refractivity contribution in [2.75, 3.05) is 9.80 Å². The maximum absolute atomic E-state index is 9.30. The maximum atomic E-state index is 9.30. The molecule has 0 saturated heterocycles. The number of ether oxygens (including phenoxy) is 1. The number of rotatable bonds is 8. The number of nitrogens with zero attached hydrogens (tertiary/aromatic N) is 4. The molecule has 2 aromatic heterocycles. The summed E-state index contributed by atoms with van der Waals surface area (Å²) in [6.45, 7) is 6.11. The second-order valence-electron chi connectivity index (χ2n) is 16.9. The van der Waals surface area contributed by atoms with E-state index in [4.69, 9.17) is 16.6 Å². The molecule has 0 spiro atoms. The summed E-state index contributed by atoms with van der Waals surface area (Å²) < 4.78 is 61.4. The third kappa shape index (κ3) is 7.70. The van der Waals surface area contributed by atoms with Crippen LogP contribution in [0.2, 0.25) is 0 Å². The van der Waals surface area contributed by atoms with Gasteiger partial charge in [0.05, 0.1) is 0 Å². The van der Waals surface area contributed by atoms with E-state index < -0.39 is 6.85 Å². The van der Waals surface area contributed by atoms with E-state index in [9.17, 15) is 1.37 Å². The van der Waals surface area contributed by atoms with Crippen LogP contribution in [0.3, 0.4) is 0 Å². The van der Waals surface area contributed by atoms with Gasteiger partial charge in [0.1, 0.15) is 5.82 Å². The van der Waals surface area contributed by atoms with Crippen molar-refractivity contribution < 1.29 is 34.0 Å². The molecule has 65 heavy (non-hydrogen) atoms. The Morgan fingerprint density at radius 1 is 0.615 bits per heavy atom. The predicted octanol–water partition coefficient (Wildman–Crippen LogP) is 15.6. The molecule has 1 aliphatic heterocycles. The first-order valence-corrected chi connectivity index (χ1v) is 21.3. The average Bonchev–Trinajstić information content (AvgIpc) is 3.92. The molecule has 6 heteroatoms. The van der Waals surface area contributed by atoms with Crippen LogP contribution in [0, 0.1) is 25.7 Å². The topological polar surface area (TPSA) is 33.5 Å². The van der Waals surface area contributed by atoms with Gasteiger partial charge in [-0.15, -0.1) is 48.0 Å². The summed E-state index contributed by atoms with van der Waals surface area (Å²) >= 11 is 0. The van der Waals surface area contributed by atoms with Crippen LogP contribution in [0.4, 0.5) is 22.7 Å². The van der Waals surface area contributed by atoms with Gasteiger partial charge in [0.25, 0.3) is 0 Å². The van der Waals surface area contributed by atoms with Gasteiger partial charge >= 0.3 is 0 Å². The average molecular weight is 1030 g/mol. The molecule has 10 aromatic rings. The van der Waals surface area contributed by atoms with E-state index in [2.05, 4.69) is 92.4 Å². The molecule has 0 atom stereocenters. The number of pyridine rings is 1. The number of benzene rings is 8. The van der Waals surface area contributed by atoms with Crippen LogP contribution in [0.1, 0.15) is 40.1 Å². The van der Waals surface area contributed by atoms with Crippen molar-refractivity contribution in [2.24, 2.45) is 0 Å². The third-order valence-electron chi connectivity index (χ3n) is 11.9. The first kappa shape index (κ1) is 35.2. The van der Waals surface area contributed by atoms with Crippen LogP contribution >= 0.6 is 0 Å². The molecular formula is C59H45N4OPt-3. The van der Waals surface area contributed by atoms with Crippen LogP contribution in [0.25, 0.3) is 61.0 Å². The van der Waals surface area contributed by atoms with Gasteiger partial charge in [-0.25, -0.2) is 4.98 Å². The van der Waals surface area contributed by atoms with Gasteiger partial charge in [-0.3, -0.25) is 0 Å². The molecule has 0 radical (unpaired) electrons. The molecule has 0 amide bonds. The van der Waals surface area contributed by atoms with Crippen molar-refractivity contribution >= 4 is 44.6 Å². The maximum Gasteiger partial charge on any atom is 0.135 e. The van der Waals surface area contributed by atoms with Gasteiger partial charge in [0, 0.05) is 83.5 Å². The van der Waals surface area contributed by atoms with Crippen molar-refractivity contribution in [3.8, 4) is 50.7 Å². The van der Waals surface area contributed by atoms with Gasteiger partial charge in [0.15, 0.2) is 0 Å². The second kappa shape index (κ2) is 17.1. The molecule has 5 nitrogen and oxygen atoms in total. The number of para-hydroxylation sites is 4. The number of aryl methyl sites for hydroxylation is 1. The molecule has 0 fully saturated rings. The second-order valence-corrected chi connectivity index (χ2v) is 16.9. The van der Waals surface area contributed by atoms with Gasteiger partial charge in [-0.05, 0) is 72.5 Å². The number of aromatic nitrogens is 2. The van der Waals surface area contributed by atoms with E-state index in [1.54, 1.807) is 18.3 Å². The molecule has 8 aromatic carbocycles. The van der Waals surface area contributed by atoms with E-state index >= 15 is 0 Å². The fraction of sp³-hybridized carbons (Fsp3) is 0.0847. The van der Waals surface area contributed by atoms with Gasteiger partial charge < -0.3 is 19.1 Å². The largest absolute Gasteiger partial charge is 0.509 e. The van der Waals surface area contributed by atoms with Gasteiger partial charge in [-0.1, -0.05) is 160 Å². The summed E-state index contributed by atoms with van der Waals surface area (Å²) in [6, 6.07) is 61.5. The molecule has 3 heterocycles.